The molecular weight excluding hydrogens is 194 g/mol. The molecule has 0 aromatic carbocycles. The van der Waals surface area contributed by atoms with E-state index in [0.717, 1.165) is 18.0 Å². The Morgan fingerprint density at radius 3 is 2.73 bits per heavy atom. The van der Waals surface area contributed by atoms with Gasteiger partial charge >= 0.3 is 0 Å². The highest BCUT2D eigenvalue weighted by Crippen LogP contribution is 2.24. The Bertz CT molecular complexity index is 277. The highest BCUT2D eigenvalue weighted by molar-refractivity contribution is 5.28. The lowest BCUT2D eigenvalue weighted by atomic mass is 10.2. The van der Waals surface area contributed by atoms with Gasteiger partial charge in [-0.25, -0.2) is 0 Å². The Kier molecular flexibility index (Phi) is 4.58. The molecule has 5 nitrogen and oxygen atoms in total. The predicted octanol–water partition coefficient (Wildman–Crippen LogP) is 0.818. The van der Waals surface area contributed by atoms with Crippen LogP contribution < -0.4 is 10.1 Å². The Morgan fingerprint density at radius 2 is 2.27 bits per heavy atom. The van der Waals surface area contributed by atoms with Gasteiger partial charge in [0.2, 0.25) is 0 Å². The van der Waals surface area contributed by atoms with E-state index >= 15 is 0 Å². The second-order valence-corrected chi connectivity index (χ2v) is 3.21. The molecule has 0 amide bonds. The first-order valence-electron chi connectivity index (χ1n) is 5.04. The third-order valence-electron chi connectivity index (χ3n) is 2.38. The lowest BCUT2D eigenvalue weighted by Crippen LogP contribution is -2.24. The predicted molar refractivity (Wildman–Crippen MR) is 58.1 cm³/mol. The zero-order chi connectivity index (χ0) is 11.3. The summed E-state index contributed by atoms with van der Waals surface area (Å²) in [6.45, 7) is 3.47. The molecule has 1 N–H and O–H groups in total. The molecule has 0 fully saturated rings. The van der Waals surface area contributed by atoms with Crippen LogP contribution in [-0.2, 0) is 11.3 Å². The molecule has 1 unspecified atom stereocenters. The molecule has 1 aromatic heterocycles. The summed E-state index contributed by atoms with van der Waals surface area (Å²) in [6, 6.07) is 0.104. The van der Waals surface area contributed by atoms with Crippen molar-refractivity contribution >= 4 is 0 Å². The number of aromatic nitrogens is 2. The van der Waals surface area contributed by atoms with Gasteiger partial charge in [-0.15, -0.1) is 0 Å². The summed E-state index contributed by atoms with van der Waals surface area (Å²) in [5, 5.41) is 7.44. The van der Waals surface area contributed by atoms with Gasteiger partial charge in [-0.3, -0.25) is 4.68 Å². The summed E-state index contributed by atoms with van der Waals surface area (Å²) in [7, 11) is 5.24. The summed E-state index contributed by atoms with van der Waals surface area (Å²) in [4.78, 5) is 0. The Hall–Kier alpha value is -1.07. The van der Waals surface area contributed by atoms with Gasteiger partial charge in [-0.05, 0) is 14.0 Å². The van der Waals surface area contributed by atoms with Gasteiger partial charge in [0, 0.05) is 13.7 Å². The molecule has 1 aromatic rings. The van der Waals surface area contributed by atoms with Crippen LogP contribution in [0, 0.1) is 0 Å². The molecule has 1 heterocycles. The monoisotopic (exact) mass is 213 g/mol. The number of aryl methyl sites for hydroxylation is 1. The second kappa shape index (κ2) is 5.72. The fourth-order valence-corrected chi connectivity index (χ4v) is 1.60. The standard InChI is InChI=1S/C10H19N3O2/c1-5-13-10(8(11-2)7-14-3)9(15-4)6-12-13/h6,8,11H,5,7H2,1-4H3. The normalized spacial score (nSPS) is 12.8. The summed E-state index contributed by atoms with van der Waals surface area (Å²) < 4.78 is 12.4. The maximum Gasteiger partial charge on any atom is 0.161 e. The van der Waals surface area contributed by atoms with Crippen LogP contribution in [0.3, 0.4) is 0 Å². The van der Waals surface area contributed by atoms with Gasteiger partial charge in [0.25, 0.3) is 0 Å². The largest absolute Gasteiger partial charge is 0.493 e. The first kappa shape index (κ1) is 12.0. The minimum Gasteiger partial charge on any atom is -0.493 e. The molecule has 0 bridgehead atoms. The summed E-state index contributed by atoms with van der Waals surface area (Å²) in [5.41, 5.74) is 1.03. The molecule has 0 saturated carbocycles. The number of rotatable bonds is 6. The molecule has 86 valence electrons. The average molecular weight is 213 g/mol. The molecule has 0 aliphatic heterocycles. The van der Waals surface area contributed by atoms with Crippen LogP contribution in [0.15, 0.2) is 6.20 Å². The fraction of sp³-hybridized carbons (Fsp3) is 0.700. The number of hydrogen-bond donors (Lipinski definition) is 1. The summed E-state index contributed by atoms with van der Waals surface area (Å²) >= 11 is 0. The molecule has 0 radical (unpaired) electrons. The molecule has 0 spiro atoms. The van der Waals surface area contributed by atoms with E-state index in [4.69, 9.17) is 9.47 Å². The minimum absolute atomic E-state index is 0.104. The second-order valence-electron chi connectivity index (χ2n) is 3.21. The van der Waals surface area contributed by atoms with Crippen LogP contribution >= 0.6 is 0 Å². The van der Waals surface area contributed by atoms with Crippen molar-refractivity contribution in [3.63, 3.8) is 0 Å². The first-order valence-corrected chi connectivity index (χ1v) is 5.04. The van der Waals surface area contributed by atoms with Crippen molar-refractivity contribution in [2.24, 2.45) is 0 Å². The van der Waals surface area contributed by atoms with E-state index in [9.17, 15) is 0 Å². The molecular formula is C10H19N3O2. The van der Waals surface area contributed by atoms with E-state index in [-0.39, 0.29) is 6.04 Å². The fourth-order valence-electron chi connectivity index (χ4n) is 1.60. The highest BCUT2D eigenvalue weighted by Gasteiger charge is 2.19. The Labute approximate surface area is 90.4 Å². The summed E-state index contributed by atoms with van der Waals surface area (Å²) in [5.74, 6) is 0.799. The number of likely N-dealkylation sites (N-methyl/N-ethyl adjacent to an activating group) is 1. The van der Waals surface area contributed by atoms with E-state index in [0.29, 0.717) is 6.61 Å². The van der Waals surface area contributed by atoms with E-state index in [1.807, 2.05) is 11.7 Å². The lowest BCUT2D eigenvalue weighted by Gasteiger charge is -2.17. The van der Waals surface area contributed by atoms with Gasteiger partial charge < -0.3 is 14.8 Å². The minimum atomic E-state index is 0.104. The molecule has 15 heavy (non-hydrogen) atoms. The van der Waals surface area contributed by atoms with Gasteiger partial charge in [-0.1, -0.05) is 0 Å². The maximum atomic E-state index is 5.28. The van der Waals surface area contributed by atoms with E-state index in [1.165, 1.54) is 0 Å². The molecule has 0 saturated heterocycles. The van der Waals surface area contributed by atoms with Crippen LogP contribution in [-0.4, -0.2) is 37.7 Å². The van der Waals surface area contributed by atoms with Crippen molar-refractivity contribution in [1.82, 2.24) is 15.1 Å². The van der Waals surface area contributed by atoms with Crippen molar-refractivity contribution in [2.45, 2.75) is 19.5 Å². The zero-order valence-corrected chi connectivity index (χ0v) is 9.78. The van der Waals surface area contributed by atoms with Crippen LogP contribution in [0.5, 0.6) is 5.75 Å². The molecule has 1 atom stereocenters. The van der Waals surface area contributed by atoms with Crippen LogP contribution in [0.4, 0.5) is 0 Å². The van der Waals surface area contributed by atoms with Crippen molar-refractivity contribution < 1.29 is 9.47 Å². The van der Waals surface area contributed by atoms with Crippen molar-refractivity contribution in [3.8, 4) is 5.75 Å². The van der Waals surface area contributed by atoms with E-state index in [1.54, 1.807) is 20.4 Å². The maximum absolute atomic E-state index is 5.28. The topological polar surface area (TPSA) is 48.3 Å². The Morgan fingerprint density at radius 1 is 1.53 bits per heavy atom. The van der Waals surface area contributed by atoms with Gasteiger partial charge in [0.15, 0.2) is 5.75 Å². The van der Waals surface area contributed by atoms with Gasteiger partial charge in [0.05, 0.1) is 31.6 Å². The van der Waals surface area contributed by atoms with Crippen LogP contribution in [0.25, 0.3) is 0 Å². The van der Waals surface area contributed by atoms with Crippen LogP contribution in [0.2, 0.25) is 0 Å². The van der Waals surface area contributed by atoms with Crippen molar-refractivity contribution in [1.29, 1.82) is 0 Å². The smallest absolute Gasteiger partial charge is 0.161 e. The number of hydrogen-bond acceptors (Lipinski definition) is 4. The number of nitrogens with one attached hydrogen (secondary N) is 1. The van der Waals surface area contributed by atoms with Gasteiger partial charge in [0.1, 0.15) is 0 Å². The first-order chi connectivity index (χ1) is 7.28. The highest BCUT2D eigenvalue weighted by atomic mass is 16.5. The van der Waals surface area contributed by atoms with E-state index < -0.39 is 0 Å². The van der Waals surface area contributed by atoms with Crippen LogP contribution in [0.1, 0.15) is 18.7 Å². The van der Waals surface area contributed by atoms with Crippen molar-refractivity contribution in [3.05, 3.63) is 11.9 Å². The molecule has 0 aliphatic rings. The lowest BCUT2D eigenvalue weighted by molar-refractivity contribution is 0.165. The SMILES string of the molecule is CCn1ncc(OC)c1C(COC)NC. The molecule has 5 heteroatoms. The number of methoxy groups -OCH3 is 2. The molecule has 1 rings (SSSR count). The number of nitrogens with zero attached hydrogens (tertiary/aromatic N) is 2. The van der Waals surface area contributed by atoms with Gasteiger partial charge in [-0.2, -0.15) is 5.10 Å². The number of ether oxygens (including phenoxy) is 2. The third kappa shape index (κ3) is 2.49. The zero-order valence-electron chi connectivity index (χ0n) is 9.78. The van der Waals surface area contributed by atoms with Crippen molar-refractivity contribution in [2.75, 3.05) is 27.9 Å². The molecule has 0 aliphatic carbocycles. The quantitative estimate of drug-likeness (QED) is 0.760. The summed E-state index contributed by atoms with van der Waals surface area (Å²) in [6.07, 6.45) is 1.73. The third-order valence-corrected chi connectivity index (χ3v) is 2.38. The Balaban J connectivity index is 3.00. The van der Waals surface area contributed by atoms with E-state index in [2.05, 4.69) is 17.3 Å². The average Bonchev–Trinajstić information content (AvgIpc) is 2.68.